The third kappa shape index (κ3) is 5.20. The van der Waals surface area contributed by atoms with E-state index in [1.807, 2.05) is 11.0 Å². The SMILES string of the molecule is Cc1nc(-c2noc3ccc(C(=O)N4CCN(C)CC4)cc23)co1.O=C(O)C(F)(F)F. The lowest BCUT2D eigenvalue weighted by Gasteiger charge is -2.32. The highest BCUT2D eigenvalue weighted by atomic mass is 19.4. The molecular weight excluding hydrogens is 421 g/mol. The molecule has 12 heteroatoms. The molecule has 31 heavy (non-hydrogen) atoms. The Morgan fingerprint density at radius 2 is 1.81 bits per heavy atom. The van der Waals surface area contributed by atoms with Crippen LogP contribution in [0.1, 0.15) is 16.2 Å². The van der Waals surface area contributed by atoms with Gasteiger partial charge < -0.3 is 23.8 Å². The summed E-state index contributed by atoms with van der Waals surface area (Å²) in [4.78, 5) is 30.0. The van der Waals surface area contributed by atoms with Gasteiger partial charge in [0, 0.05) is 38.7 Å². The molecule has 0 spiro atoms. The summed E-state index contributed by atoms with van der Waals surface area (Å²) in [6.07, 6.45) is -3.54. The van der Waals surface area contributed by atoms with Crippen molar-refractivity contribution in [2.24, 2.45) is 0 Å². The third-order valence-corrected chi connectivity index (χ3v) is 4.61. The normalized spacial score (nSPS) is 14.9. The summed E-state index contributed by atoms with van der Waals surface area (Å²) in [7, 11) is 2.07. The molecular formula is C19H19F3N4O5. The fourth-order valence-electron chi connectivity index (χ4n) is 2.92. The first-order valence-electron chi connectivity index (χ1n) is 9.16. The van der Waals surface area contributed by atoms with Crippen LogP contribution in [0.25, 0.3) is 22.4 Å². The molecule has 1 fully saturated rings. The molecule has 3 aromatic rings. The standard InChI is InChI=1S/C17H18N4O3.C2HF3O2/c1-11-18-14(10-23-11)16-13-9-12(3-4-15(13)24-19-16)17(22)21-7-5-20(2)6-8-21;3-2(4,5)1(6)7/h3-4,9-10H,5-8H2,1-2H3;(H,6,7). The van der Waals surface area contributed by atoms with E-state index in [-0.39, 0.29) is 5.91 Å². The van der Waals surface area contributed by atoms with Crippen LogP contribution in [-0.4, -0.2) is 76.3 Å². The Morgan fingerprint density at radius 1 is 1.16 bits per heavy atom. The quantitative estimate of drug-likeness (QED) is 0.647. The first-order chi connectivity index (χ1) is 14.6. The van der Waals surface area contributed by atoms with E-state index in [0.29, 0.717) is 28.4 Å². The Kier molecular flexibility index (Phi) is 6.29. The number of halogens is 3. The largest absolute Gasteiger partial charge is 0.490 e. The summed E-state index contributed by atoms with van der Waals surface area (Å²) in [5.41, 5.74) is 2.46. The predicted molar refractivity (Wildman–Crippen MR) is 101 cm³/mol. The van der Waals surface area contributed by atoms with Gasteiger partial charge in [0.1, 0.15) is 17.7 Å². The molecule has 2 aromatic heterocycles. The number of fused-ring (bicyclic) bond motifs is 1. The van der Waals surface area contributed by atoms with Crippen molar-refractivity contribution in [1.82, 2.24) is 19.9 Å². The molecule has 0 atom stereocenters. The molecule has 3 heterocycles. The molecule has 4 rings (SSSR count). The summed E-state index contributed by atoms with van der Waals surface area (Å²) in [5.74, 6) is -2.16. The topological polar surface area (TPSA) is 113 Å². The molecule has 0 unspecified atom stereocenters. The molecule has 0 saturated carbocycles. The van der Waals surface area contributed by atoms with Crippen molar-refractivity contribution in [3.05, 3.63) is 35.9 Å². The number of carboxylic acids is 1. The van der Waals surface area contributed by atoms with Crippen molar-refractivity contribution in [2.45, 2.75) is 13.1 Å². The van der Waals surface area contributed by atoms with Crippen molar-refractivity contribution >= 4 is 22.8 Å². The first kappa shape index (κ1) is 22.3. The molecule has 1 amide bonds. The van der Waals surface area contributed by atoms with Crippen molar-refractivity contribution in [3.8, 4) is 11.4 Å². The van der Waals surface area contributed by atoms with Gasteiger partial charge in [-0.15, -0.1) is 0 Å². The Balaban J connectivity index is 0.000000339. The van der Waals surface area contributed by atoms with Gasteiger partial charge in [0.05, 0.1) is 5.39 Å². The van der Waals surface area contributed by atoms with Crippen molar-refractivity contribution < 1.29 is 36.8 Å². The zero-order chi connectivity index (χ0) is 22.8. The number of aliphatic carboxylic acids is 1. The lowest BCUT2D eigenvalue weighted by Crippen LogP contribution is -2.47. The molecule has 1 aliphatic heterocycles. The van der Waals surface area contributed by atoms with Gasteiger partial charge in [-0.1, -0.05) is 5.16 Å². The second-order valence-electron chi connectivity index (χ2n) is 6.89. The Morgan fingerprint density at radius 3 is 2.35 bits per heavy atom. The number of hydrogen-bond donors (Lipinski definition) is 1. The summed E-state index contributed by atoms with van der Waals surface area (Å²) < 4.78 is 42.3. The van der Waals surface area contributed by atoms with Gasteiger partial charge in [-0.3, -0.25) is 4.79 Å². The predicted octanol–water partition coefficient (Wildman–Crippen LogP) is 2.81. The van der Waals surface area contributed by atoms with Crippen molar-refractivity contribution in [3.63, 3.8) is 0 Å². The average Bonchev–Trinajstić information content (AvgIpc) is 3.33. The number of rotatable bonds is 2. The molecule has 1 N–H and O–H groups in total. The molecule has 0 bridgehead atoms. The van der Waals surface area contributed by atoms with E-state index in [4.69, 9.17) is 18.8 Å². The van der Waals surface area contributed by atoms with E-state index >= 15 is 0 Å². The van der Waals surface area contributed by atoms with Crippen LogP contribution in [0.15, 0.2) is 33.4 Å². The molecule has 9 nitrogen and oxygen atoms in total. The second kappa shape index (κ2) is 8.76. The van der Waals surface area contributed by atoms with Gasteiger partial charge in [0.25, 0.3) is 5.91 Å². The molecule has 1 aliphatic rings. The number of oxazole rings is 1. The molecule has 0 aliphatic carbocycles. The number of piperazine rings is 1. The molecule has 1 aromatic carbocycles. The number of amides is 1. The monoisotopic (exact) mass is 440 g/mol. The minimum Gasteiger partial charge on any atom is -0.475 e. The van der Waals surface area contributed by atoms with E-state index in [0.717, 1.165) is 31.6 Å². The smallest absolute Gasteiger partial charge is 0.475 e. The molecule has 166 valence electrons. The van der Waals surface area contributed by atoms with Crippen LogP contribution in [0.4, 0.5) is 13.2 Å². The van der Waals surface area contributed by atoms with Crippen molar-refractivity contribution in [2.75, 3.05) is 33.2 Å². The van der Waals surface area contributed by atoms with Gasteiger partial charge in [-0.05, 0) is 25.2 Å². The highest BCUT2D eigenvalue weighted by molar-refractivity contribution is 6.00. The number of carbonyl (C=O) groups is 2. The van der Waals surface area contributed by atoms with Crippen LogP contribution in [0.5, 0.6) is 0 Å². The van der Waals surface area contributed by atoms with E-state index in [1.165, 1.54) is 0 Å². The number of carboxylic acid groups (broad SMARTS) is 1. The Bertz CT molecular complexity index is 1080. The zero-order valence-corrected chi connectivity index (χ0v) is 16.6. The number of aryl methyl sites for hydroxylation is 1. The molecule has 1 saturated heterocycles. The number of hydrogen-bond acceptors (Lipinski definition) is 7. The number of alkyl halides is 3. The minimum absolute atomic E-state index is 0.0356. The minimum atomic E-state index is -5.08. The maximum atomic E-state index is 12.7. The average molecular weight is 440 g/mol. The van der Waals surface area contributed by atoms with Crippen LogP contribution < -0.4 is 0 Å². The van der Waals surface area contributed by atoms with Crippen LogP contribution >= 0.6 is 0 Å². The Labute approximate surface area is 174 Å². The number of aromatic nitrogens is 2. The van der Waals surface area contributed by atoms with Gasteiger partial charge in [0.15, 0.2) is 11.5 Å². The summed E-state index contributed by atoms with van der Waals surface area (Å²) >= 11 is 0. The number of carbonyl (C=O) groups excluding carboxylic acids is 1. The van der Waals surface area contributed by atoms with E-state index < -0.39 is 12.1 Å². The summed E-state index contributed by atoms with van der Waals surface area (Å²) in [6.45, 7) is 5.04. The van der Waals surface area contributed by atoms with Gasteiger partial charge in [-0.25, -0.2) is 9.78 Å². The van der Waals surface area contributed by atoms with Gasteiger partial charge in [-0.2, -0.15) is 13.2 Å². The zero-order valence-electron chi connectivity index (χ0n) is 16.6. The number of likely N-dealkylation sites (N-methyl/N-ethyl adjacent to an activating group) is 1. The highest BCUT2D eigenvalue weighted by Gasteiger charge is 2.38. The van der Waals surface area contributed by atoms with Crippen LogP contribution in [0, 0.1) is 6.92 Å². The van der Waals surface area contributed by atoms with Crippen LogP contribution in [-0.2, 0) is 4.79 Å². The molecule has 0 radical (unpaired) electrons. The van der Waals surface area contributed by atoms with Crippen molar-refractivity contribution in [1.29, 1.82) is 0 Å². The van der Waals surface area contributed by atoms with Gasteiger partial charge in [0.2, 0.25) is 0 Å². The maximum absolute atomic E-state index is 12.7. The lowest BCUT2D eigenvalue weighted by molar-refractivity contribution is -0.192. The third-order valence-electron chi connectivity index (χ3n) is 4.61. The fourth-order valence-corrected chi connectivity index (χ4v) is 2.92. The lowest BCUT2D eigenvalue weighted by atomic mass is 10.1. The number of nitrogens with zero attached hydrogens (tertiary/aromatic N) is 4. The number of benzene rings is 1. The maximum Gasteiger partial charge on any atom is 0.490 e. The fraction of sp³-hybridized carbons (Fsp3) is 0.368. The summed E-state index contributed by atoms with van der Waals surface area (Å²) in [6, 6.07) is 5.39. The van der Waals surface area contributed by atoms with Gasteiger partial charge >= 0.3 is 12.1 Å². The van der Waals surface area contributed by atoms with Crippen LogP contribution in [0.2, 0.25) is 0 Å². The van der Waals surface area contributed by atoms with E-state index in [2.05, 4.69) is 22.1 Å². The highest BCUT2D eigenvalue weighted by Crippen LogP contribution is 2.28. The van der Waals surface area contributed by atoms with E-state index in [9.17, 15) is 18.0 Å². The first-order valence-corrected chi connectivity index (χ1v) is 9.16. The van der Waals surface area contributed by atoms with E-state index in [1.54, 1.807) is 25.3 Å². The Hall–Kier alpha value is -3.41. The summed E-state index contributed by atoms with van der Waals surface area (Å²) in [5, 5.41) is 12.0. The second-order valence-corrected chi connectivity index (χ2v) is 6.89. The van der Waals surface area contributed by atoms with Crippen LogP contribution in [0.3, 0.4) is 0 Å².